The summed E-state index contributed by atoms with van der Waals surface area (Å²) < 4.78 is 4.86. The fraction of sp³-hybridized carbons (Fsp3) is 0.778. The number of hydrogen-bond donors (Lipinski definition) is 0. The third-order valence-electron chi connectivity index (χ3n) is 1.50. The molecule has 5 heteroatoms. The molecule has 0 unspecified atom stereocenters. The van der Waals surface area contributed by atoms with Gasteiger partial charge in [0.25, 0.3) is 0 Å². The molecule has 1 amide bonds. The standard InChI is InChI=1S/C9H17NO3S/c1-4-14-7-9(12)13-6-5-8(11)10(2)3/h4-7H2,1-3H3. The average Bonchev–Trinajstić information content (AvgIpc) is 2.14. The lowest BCUT2D eigenvalue weighted by Crippen LogP contribution is -2.23. The molecule has 0 aromatic carbocycles. The van der Waals surface area contributed by atoms with Gasteiger partial charge >= 0.3 is 5.97 Å². The van der Waals surface area contributed by atoms with Crippen LogP contribution in [0.1, 0.15) is 13.3 Å². The van der Waals surface area contributed by atoms with Gasteiger partial charge in [-0.1, -0.05) is 6.92 Å². The summed E-state index contributed by atoms with van der Waals surface area (Å²) in [6.07, 6.45) is 0.259. The zero-order chi connectivity index (χ0) is 11.0. The zero-order valence-corrected chi connectivity index (χ0v) is 9.73. The summed E-state index contributed by atoms with van der Waals surface area (Å²) in [7, 11) is 3.36. The molecule has 0 rings (SSSR count). The summed E-state index contributed by atoms with van der Waals surface area (Å²) in [6, 6.07) is 0. The van der Waals surface area contributed by atoms with Crippen molar-refractivity contribution in [1.82, 2.24) is 4.90 Å². The highest BCUT2D eigenvalue weighted by Crippen LogP contribution is 1.99. The molecule has 0 spiro atoms. The zero-order valence-electron chi connectivity index (χ0n) is 8.91. The van der Waals surface area contributed by atoms with Crippen molar-refractivity contribution in [2.75, 3.05) is 32.2 Å². The minimum Gasteiger partial charge on any atom is -0.465 e. The molecular formula is C9H17NO3S. The van der Waals surface area contributed by atoms with Gasteiger partial charge in [-0.25, -0.2) is 0 Å². The Morgan fingerprint density at radius 1 is 1.36 bits per heavy atom. The van der Waals surface area contributed by atoms with E-state index in [1.54, 1.807) is 14.1 Å². The molecule has 0 bridgehead atoms. The fourth-order valence-corrected chi connectivity index (χ4v) is 1.16. The van der Waals surface area contributed by atoms with Crippen molar-refractivity contribution >= 4 is 23.6 Å². The second-order valence-corrected chi connectivity index (χ2v) is 4.17. The lowest BCUT2D eigenvalue weighted by atomic mass is 10.4. The van der Waals surface area contributed by atoms with Crippen molar-refractivity contribution in [3.05, 3.63) is 0 Å². The van der Waals surface area contributed by atoms with Gasteiger partial charge in [-0.2, -0.15) is 11.8 Å². The van der Waals surface area contributed by atoms with Crippen LogP contribution in [0.5, 0.6) is 0 Å². The summed E-state index contributed by atoms with van der Waals surface area (Å²) in [5.41, 5.74) is 0. The molecule has 0 heterocycles. The molecule has 0 aliphatic heterocycles. The van der Waals surface area contributed by atoms with E-state index in [4.69, 9.17) is 4.74 Å². The molecule has 4 nitrogen and oxygen atoms in total. The van der Waals surface area contributed by atoms with Crippen LogP contribution in [0.15, 0.2) is 0 Å². The summed E-state index contributed by atoms with van der Waals surface area (Å²) in [5.74, 6) is 0.989. The van der Waals surface area contributed by atoms with Gasteiger partial charge in [0.05, 0.1) is 12.2 Å². The maximum atomic E-state index is 11.1. The second-order valence-electron chi connectivity index (χ2n) is 2.90. The van der Waals surface area contributed by atoms with E-state index in [0.717, 1.165) is 5.75 Å². The van der Waals surface area contributed by atoms with Crippen molar-refractivity contribution in [2.24, 2.45) is 0 Å². The first kappa shape index (κ1) is 13.3. The van der Waals surface area contributed by atoms with E-state index in [-0.39, 0.29) is 24.9 Å². The number of hydrogen-bond acceptors (Lipinski definition) is 4. The Hall–Kier alpha value is -0.710. The molecule has 0 aliphatic carbocycles. The van der Waals surface area contributed by atoms with Gasteiger partial charge in [0, 0.05) is 14.1 Å². The quantitative estimate of drug-likeness (QED) is 0.619. The Bertz CT molecular complexity index is 194. The number of thioether (sulfide) groups is 1. The summed E-state index contributed by atoms with van der Waals surface area (Å²) in [5, 5.41) is 0. The van der Waals surface area contributed by atoms with E-state index < -0.39 is 0 Å². The van der Waals surface area contributed by atoms with Crippen LogP contribution < -0.4 is 0 Å². The molecule has 14 heavy (non-hydrogen) atoms. The highest BCUT2D eigenvalue weighted by Gasteiger charge is 2.06. The fourth-order valence-electron chi connectivity index (χ4n) is 0.703. The molecule has 0 aromatic rings. The number of carbonyl (C=O) groups is 2. The normalized spacial score (nSPS) is 9.64. The molecule has 0 radical (unpaired) electrons. The third kappa shape index (κ3) is 6.77. The monoisotopic (exact) mass is 219 g/mol. The Labute approximate surface area is 89.0 Å². The third-order valence-corrected chi connectivity index (χ3v) is 2.35. The van der Waals surface area contributed by atoms with Gasteiger partial charge in [-0.15, -0.1) is 0 Å². The van der Waals surface area contributed by atoms with E-state index in [2.05, 4.69) is 0 Å². The molecule has 0 saturated carbocycles. The lowest BCUT2D eigenvalue weighted by molar-refractivity contribution is -0.142. The van der Waals surface area contributed by atoms with Gasteiger partial charge in [-0.05, 0) is 5.75 Å². The van der Waals surface area contributed by atoms with Crippen molar-refractivity contribution in [3.8, 4) is 0 Å². The van der Waals surface area contributed by atoms with Crippen LogP contribution in [0.2, 0.25) is 0 Å². The van der Waals surface area contributed by atoms with Gasteiger partial charge in [-0.3, -0.25) is 9.59 Å². The molecule has 0 atom stereocenters. The molecule has 0 fully saturated rings. The molecule has 0 N–H and O–H groups in total. The molecule has 0 aromatic heterocycles. The van der Waals surface area contributed by atoms with Gasteiger partial charge < -0.3 is 9.64 Å². The van der Waals surface area contributed by atoms with Crippen LogP contribution in [-0.4, -0.2) is 49.0 Å². The summed E-state index contributed by atoms with van der Waals surface area (Å²) >= 11 is 1.51. The Balaban J connectivity index is 3.44. The molecule has 0 aliphatic rings. The van der Waals surface area contributed by atoms with Crippen molar-refractivity contribution in [3.63, 3.8) is 0 Å². The maximum absolute atomic E-state index is 11.1. The topological polar surface area (TPSA) is 46.6 Å². The summed E-state index contributed by atoms with van der Waals surface area (Å²) in [6.45, 7) is 2.16. The lowest BCUT2D eigenvalue weighted by Gasteiger charge is -2.09. The van der Waals surface area contributed by atoms with E-state index in [9.17, 15) is 9.59 Å². The van der Waals surface area contributed by atoms with Crippen LogP contribution in [0, 0.1) is 0 Å². The number of rotatable bonds is 6. The van der Waals surface area contributed by atoms with Crippen LogP contribution in [0.4, 0.5) is 0 Å². The number of amides is 1. The Kier molecular flexibility index (Phi) is 7.28. The van der Waals surface area contributed by atoms with Crippen LogP contribution >= 0.6 is 11.8 Å². The van der Waals surface area contributed by atoms with Crippen LogP contribution in [-0.2, 0) is 14.3 Å². The first-order chi connectivity index (χ1) is 6.57. The summed E-state index contributed by atoms with van der Waals surface area (Å²) in [4.78, 5) is 23.5. The second kappa shape index (κ2) is 7.67. The number of ether oxygens (including phenoxy) is 1. The predicted octanol–water partition coefficient (Wildman–Crippen LogP) is 0.761. The SMILES string of the molecule is CCSCC(=O)OCCC(=O)N(C)C. The first-order valence-corrected chi connectivity index (χ1v) is 5.67. The average molecular weight is 219 g/mol. The Morgan fingerprint density at radius 2 is 2.00 bits per heavy atom. The Morgan fingerprint density at radius 3 is 2.50 bits per heavy atom. The predicted molar refractivity (Wildman–Crippen MR) is 57.3 cm³/mol. The maximum Gasteiger partial charge on any atom is 0.315 e. The minimum atomic E-state index is -0.247. The van der Waals surface area contributed by atoms with Crippen molar-refractivity contribution < 1.29 is 14.3 Å². The number of carbonyl (C=O) groups excluding carboxylic acids is 2. The number of esters is 1. The first-order valence-electron chi connectivity index (χ1n) is 4.51. The van der Waals surface area contributed by atoms with Crippen molar-refractivity contribution in [2.45, 2.75) is 13.3 Å². The number of nitrogens with zero attached hydrogens (tertiary/aromatic N) is 1. The molecule has 0 saturated heterocycles. The van der Waals surface area contributed by atoms with Gasteiger partial charge in [0.2, 0.25) is 5.91 Å². The molecular weight excluding hydrogens is 202 g/mol. The van der Waals surface area contributed by atoms with E-state index >= 15 is 0 Å². The minimum absolute atomic E-state index is 0.0269. The highest BCUT2D eigenvalue weighted by molar-refractivity contribution is 7.99. The van der Waals surface area contributed by atoms with E-state index in [1.807, 2.05) is 6.92 Å². The molecule has 82 valence electrons. The van der Waals surface area contributed by atoms with Crippen molar-refractivity contribution in [1.29, 1.82) is 0 Å². The van der Waals surface area contributed by atoms with Crippen LogP contribution in [0.25, 0.3) is 0 Å². The van der Waals surface area contributed by atoms with Gasteiger partial charge in [0.15, 0.2) is 0 Å². The van der Waals surface area contributed by atoms with Crippen LogP contribution in [0.3, 0.4) is 0 Å². The smallest absolute Gasteiger partial charge is 0.315 e. The highest BCUT2D eigenvalue weighted by atomic mass is 32.2. The van der Waals surface area contributed by atoms with Gasteiger partial charge in [0.1, 0.15) is 6.61 Å². The largest absolute Gasteiger partial charge is 0.465 e. The van der Waals surface area contributed by atoms with E-state index in [0.29, 0.717) is 5.75 Å². The van der Waals surface area contributed by atoms with E-state index in [1.165, 1.54) is 16.7 Å².